The van der Waals surface area contributed by atoms with Crippen molar-refractivity contribution >= 4 is 23.6 Å². The van der Waals surface area contributed by atoms with Crippen LogP contribution in [0.5, 0.6) is 5.75 Å². The number of ether oxygens (including phenoxy) is 1. The van der Waals surface area contributed by atoms with Gasteiger partial charge in [-0.2, -0.15) is 0 Å². The molecular weight excluding hydrogens is 262 g/mol. The third kappa shape index (κ3) is 2.35. The van der Waals surface area contributed by atoms with Crippen LogP contribution in [-0.4, -0.2) is 12.1 Å². The molecule has 0 unspecified atom stereocenters. The molecule has 0 bridgehead atoms. The van der Waals surface area contributed by atoms with E-state index in [2.05, 4.69) is 37.9 Å². The van der Waals surface area contributed by atoms with Crippen LogP contribution in [0.25, 0.3) is 11.3 Å². The van der Waals surface area contributed by atoms with E-state index in [0.717, 1.165) is 16.1 Å². The van der Waals surface area contributed by atoms with Crippen LogP contribution in [0.15, 0.2) is 12.1 Å². The number of H-pyrrole nitrogens is 1. The second-order valence-electron chi connectivity index (χ2n) is 4.30. The van der Waals surface area contributed by atoms with Crippen LogP contribution in [0, 0.1) is 17.8 Å². The lowest BCUT2D eigenvalue weighted by Crippen LogP contribution is -1.94. The summed E-state index contributed by atoms with van der Waals surface area (Å²) in [5.74, 6) is 0.903. The lowest BCUT2D eigenvalue weighted by atomic mass is 9.98. The Morgan fingerprint density at radius 3 is 2.39 bits per heavy atom. The molecule has 1 heterocycles. The van der Waals surface area contributed by atoms with Gasteiger partial charge >= 0.3 is 0 Å². The third-order valence-electron chi connectivity index (χ3n) is 3.03. The summed E-state index contributed by atoms with van der Waals surface area (Å²) in [6.45, 7) is 6.38. The van der Waals surface area contributed by atoms with Gasteiger partial charge in [0, 0.05) is 10.4 Å². The second-order valence-corrected chi connectivity index (χ2v) is 6.07. The number of aromatic amines is 1. The van der Waals surface area contributed by atoms with Crippen molar-refractivity contribution in [1.82, 2.24) is 4.98 Å². The van der Waals surface area contributed by atoms with E-state index in [1.807, 2.05) is 0 Å². The summed E-state index contributed by atoms with van der Waals surface area (Å²) in [4.78, 5) is 4.64. The summed E-state index contributed by atoms with van der Waals surface area (Å²) in [5, 5.41) is 0. The number of hydrogen-bond acceptors (Lipinski definition) is 3. The van der Waals surface area contributed by atoms with E-state index in [1.165, 1.54) is 27.3 Å². The first-order valence-electron chi connectivity index (χ1n) is 5.94. The lowest BCUT2D eigenvalue weighted by Gasteiger charge is -2.12. The van der Waals surface area contributed by atoms with Gasteiger partial charge in [-0.25, -0.2) is 0 Å². The van der Waals surface area contributed by atoms with Gasteiger partial charge in [0.25, 0.3) is 0 Å². The van der Waals surface area contributed by atoms with E-state index in [0.29, 0.717) is 0 Å². The van der Waals surface area contributed by atoms with Crippen LogP contribution in [0.3, 0.4) is 0 Å². The van der Waals surface area contributed by atoms with E-state index in [1.54, 1.807) is 18.4 Å². The first-order valence-corrected chi connectivity index (χ1v) is 7.16. The fourth-order valence-electron chi connectivity index (χ4n) is 2.25. The highest BCUT2D eigenvalue weighted by molar-refractivity contribution is 7.73. The zero-order valence-corrected chi connectivity index (χ0v) is 12.7. The van der Waals surface area contributed by atoms with Crippen molar-refractivity contribution in [2.75, 3.05) is 7.11 Å². The van der Waals surface area contributed by atoms with Crippen LogP contribution in [0.4, 0.5) is 0 Å². The highest BCUT2D eigenvalue weighted by Gasteiger charge is 2.13. The SMILES string of the molecule is CCc1sc(=S)[nH]c1-c1c(C)cc(OC)cc1C. The molecule has 18 heavy (non-hydrogen) atoms. The fourth-order valence-corrected chi connectivity index (χ4v) is 3.43. The zero-order valence-electron chi connectivity index (χ0n) is 11.1. The molecular formula is C14H17NOS2. The molecule has 0 radical (unpaired) electrons. The number of methoxy groups -OCH3 is 1. The Kier molecular flexibility index (Phi) is 3.88. The van der Waals surface area contributed by atoms with Crippen molar-refractivity contribution in [2.45, 2.75) is 27.2 Å². The first kappa shape index (κ1) is 13.3. The van der Waals surface area contributed by atoms with Crippen molar-refractivity contribution < 1.29 is 4.74 Å². The number of aryl methyl sites for hydroxylation is 3. The van der Waals surface area contributed by atoms with Crippen LogP contribution in [0.2, 0.25) is 0 Å². The van der Waals surface area contributed by atoms with Gasteiger partial charge in [-0.15, -0.1) is 11.3 Å². The van der Waals surface area contributed by atoms with Crippen molar-refractivity contribution in [3.05, 3.63) is 32.1 Å². The Balaban J connectivity index is 2.67. The van der Waals surface area contributed by atoms with Gasteiger partial charge in [-0.1, -0.05) is 6.92 Å². The Hall–Kier alpha value is -1.13. The fraction of sp³-hybridized carbons (Fsp3) is 0.357. The molecule has 0 saturated heterocycles. The van der Waals surface area contributed by atoms with Gasteiger partial charge in [0.1, 0.15) is 5.75 Å². The summed E-state index contributed by atoms with van der Waals surface area (Å²) in [5.41, 5.74) is 4.85. The number of thiazole rings is 1. The average Bonchev–Trinajstić information content (AvgIpc) is 2.69. The molecule has 4 heteroatoms. The summed E-state index contributed by atoms with van der Waals surface area (Å²) in [6.07, 6.45) is 0.998. The predicted octanol–water partition coefficient (Wildman–Crippen LogP) is 4.66. The number of benzene rings is 1. The number of hydrogen-bond donors (Lipinski definition) is 1. The third-order valence-corrected chi connectivity index (χ3v) is 4.41. The molecule has 96 valence electrons. The van der Waals surface area contributed by atoms with E-state index in [9.17, 15) is 0 Å². The van der Waals surface area contributed by atoms with Crippen molar-refractivity contribution in [1.29, 1.82) is 0 Å². The molecule has 0 amide bonds. The average molecular weight is 279 g/mol. The molecule has 2 aromatic rings. The van der Waals surface area contributed by atoms with Crippen LogP contribution in [-0.2, 0) is 6.42 Å². The topological polar surface area (TPSA) is 25.0 Å². The smallest absolute Gasteiger partial charge is 0.159 e. The van der Waals surface area contributed by atoms with Gasteiger partial charge in [-0.05, 0) is 55.7 Å². The predicted molar refractivity (Wildman–Crippen MR) is 80.3 cm³/mol. The van der Waals surface area contributed by atoms with Crippen LogP contribution in [0.1, 0.15) is 22.9 Å². The molecule has 0 aliphatic carbocycles. The molecule has 1 N–H and O–H groups in total. The van der Waals surface area contributed by atoms with Crippen molar-refractivity contribution in [3.63, 3.8) is 0 Å². The molecule has 0 fully saturated rings. The molecule has 0 aliphatic heterocycles. The maximum Gasteiger partial charge on any atom is 0.159 e. The Morgan fingerprint density at radius 1 is 1.28 bits per heavy atom. The van der Waals surface area contributed by atoms with Crippen molar-refractivity contribution in [3.8, 4) is 17.0 Å². The highest BCUT2D eigenvalue weighted by atomic mass is 32.1. The van der Waals surface area contributed by atoms with Crippen molar-refractivity contribution in [2.24, 2.45) is 0 Å². The van der Waals surface area contributed by atoms with Gasteiger partial charge in [0.05, 0.1) is 12.8 Å². The molecule has 0 aliphatic rings. The van der Waals surface area contributed by atoms with E-state index in [-0.39, 0.29) is 0 Å². The summed E-state index contributed by atoms with van der Waals surface area (Å²) < 4.78 is 6.14. The van der Waals surface area contributed by atoms with E-state index >= 15 is 0 Å². The highest BCUT2D eigenvalue weighted by Crippen LogP contribution is 2.34. The van der Waals surface area contributed by atoms with Gasteiger partial charge in [0.15, 0.2) is 3.95 Å². The zero-order chi connectivity index (χ0) is 13.3. The first-order chi connectivity index (χ1) is 8.56. The normalized spacial score (nSPS) is 10.7. The van der Waals surface area contributed by atoms with Gasteiger partial charge in [-0.3, -0.25) is 0 Å². The van der Waals surface area contributed by atoms with Gasteiger partial charge in [0.2, 0.25) is 0 Å². The number of rotatable bonds is 3. The monoisotopic (exact) mass is 279 g/mol. The molecule has 2 rings (SSSR count). The minimum atomic E-state index is 0.844. The standard InChI is InChI=1S/C14H17NOS2/c1-5-11-13(15-14(17)18-11)12-8(2)6-10(16-4)7-9(12)3/h6-7H,5H2,1-4H3,(H,15,17). The molecule has 0 spiro atoms. The minimum Gasteiger partial charge on any atom is -0.497 e. The quantitative estimate of drug-likeness (QED) is 0.827. The molecule has 1 aromatic carbocycles. The number of aromatic nitrogens is 1. The molecule has 1 aromatic heterocycles. The summed E-state index contributed by atoms with van der Waals surface area (Å²) in [7, 11) is 1.70. The largest absolute Gasteiger partial charge is 0.497 e. The Bertz CT molecular complexity index is 602. The number of nitrogens with one attached hydrogen (secondary N) is 1. The minimum absolute atomic E-state index is 0.844. The summed E-state index contributed by atoms with van der Waals surface area (Å²) in [6, 6.07) is 4.13. The molecule has 0 saturated carbocycles. The maximum absolute atomic E-state index is 5.30. The van der Waals surface area contributed by atoms with Gasteiger partial charge < -0.3 is 9.72 Å². The Labute approximate surface area is 117 Å². The van der Waals surface area contributed by atoms with E-state index in [4.69, 9.17) is 17.0 Å². The molecule has 0 atom stereocenters. The summed E-state index contributed by atoms with van der Waals surface area (Å²) >= 11 is 6.92. The second kappa shape index (κ2) is 5.24. The van der Waals surface area contributed by atoms with E-state index < -0.39 is 0 Å². The molecule has 2 nitrogen and oxygen atoms in total. The van der Waals surface area contributed by atoms with Crippen LogP contribution < -0.4 is 4.74 Å². The van der Waals surface area contributed by atoms with Crippen LogP contribution >= 0.6 is 23.6 Å². The maximum atomic E-state index is 5.30. The lowest BCUT2D eigenvalue weighted by molar-refractivity contribution is 0.414. The Morgan fingerprint density at radius 2 is 1.89 bits per heavy atom.